The highest BCUT2D eigenvalue weighted by Crippen LogP contribution is 2.28. The van der Waals surface area contributed by atoms with Crippen molar-refractivity contribution in [1.82, 2.24) is 25.2 Å². The van der Waals surface area contributed by atoms with Crippen LogP contribution in [0.3, 0.4) is 0 Å². The quantitative estimate of drug-likeness (QED) is 0.482. The van der Waals surface area contributed by atoms with Crippen molar-refractivity contribution >= 4 is 11.8 Å². The van der Waals surface area contributed by atoms with E-state index in [-0.39, 0.29) is 31.0 Å². The summed E-state index contributed by atoms with van der Waals surface area (Å²) in [6.45, 7) is 3.23. The van der Waals surface area contributed by atoms with Crippen molar-refractivity contribution in [1.29, 1.82) is 0 Å². The summed E-state index contributed by atoms with van der Waals surface area (Å²) in [5.41, 5.74) is 2.59. The molecule has 1 fully saturated rings. The second-order valence-corrected chi connectivity index (χ2v) is 8.63. The minimum atomic E-state index is -0.849. The lowest BCUT2D eigenvalue weighted by Gasteiger charge is -2.32. The first-order valence-electron chi connectivity index (χ1n) is 11.8. The summed E-state index contributed by atoms with van der Waals surface area (Å²) in [6.07, 6.45) is 5.02. The Hall–Kier alpha value is -3.72. The summed E-state index contributed by atoms with van der Waals surface area (Å²) in [4.78, 5) is 28.9. The van der Waals surface area contributed by atoms with Gasteiger partial charge in [0.25, 0.3) is 0 Å². The second kappa shape index (κ2) is 11.6. The van der Waals surface area contributed by atoms with Crippen LogP contribution in [-0.2, 0) is 27.4 Å². The predicted molar refractivity (Wildman–Crippen MR) is 129 cm³/mol. The third-order valence-electron chi connectivity index (χ3n) is 6.10. The monoisotopic (exact) mass is 477 g/mol. The van der Waals surface area contributed by atoms with E-state index in [0.717, 1.165) is 29.5 Å². The van der Waals surface area contributed by atoms with Crippen LogP contribution < -0.4 is 10.1 Å². The zero-order chi connectivity index (χ0) is 24.6. The maximum absolute atomic E-state index is 13.7. The first kappa shape index (κ1) is 24.4. The van der Waals surface area contributed by atoms with Crippen molar-refractivity contribution in [3.8, 4) is 5.75 Å². The molecular formula is C26H31N5O4. The lowest BCUT2D eigenvalue weighted by Crippen LogP contribution is -2.46. The summed E-state index contributed by atoms with van der Waals surface area (Å²) in [5.74, 6) is 0.124. The Morgan fingerprint density at radius 3 is 2.71 bits per heavy atom. The van der Waals surface area contributed by atoms with Crippen LogP contribution in [0.5, 0.6) is 5.75 Å². The molecule has 0 spiro atoms. The van der Waals surface area contributed by atoms with Crippen LogP contribution in [0.1, 0.15) is 35.6 Å². The predicted octanol–water partition coefficient (Wildman–Crippen LogP) is 2.66. The van der Waals surface area contributed by atoms with Gasteiger partial charge in [-0.1, -0.05) is 53.2 Å². The fraction of sp³-hybridized carbons (Fsp3) is 0.385. The van der Waals surface area contributed by atoms with Gasteiger partial charge in [-0.3, -0.25) is 9.59 Å². The molecule has 2 amide bonds. The van der Waals surface area contributed by atoms with Gasteiger partial charge in [0.2, 0.25) is 11.8 Å². The number of rotatable bonds is 10. The van der Waals surface area contributed by atoms with Crippen LogP contribution in [0.15, 0.2) is 60.9 Å². The normalized spacial score (nSPS) is 16.0. The smallest absolute Gasteiger partial charge is 0.247 e. The van der Waals surface area contributed by atoms with Gasteiger partial charge in [-0.05, 0) is 31.4 Å². The molecule has 2 unspecified atom stereocenters. The van der Waals surface area contributed by atoms with Crippen LogP contribution in [0.2, 0.25) is 0 Å². The van der Waals surface area contributed by atoms with E-state index in [9.17, 15) is 9.59 Å². The van der Waals surface area contributed by atoms with Gasteiger partial charge in [0.1, 0.15) is 18.3 Å². The lowest BCUT2D eigenvalue weighted by atomic mass is 10.0. The molecule has 2 heterocycles. The van der Waals surface area contributed by atoms with E-state index in [1.165, 1.54) is 10.9 Å². The molecule has 3 aromatic rings. The van der Waals surface area contributed by atoms with Crippen molar-refractivity contribution in [2.75, 3.05) is 20.3 Å². The van der Waals surface area contributed by atoms with E-state index in [0.29, 0.717) is 18.9 Å². The van der Waals surface area contributed by atoms with Gasteiger partial charge < -0.3 is 19.7 Å². The Kier molecular flexibility index (Phi) is 8.10. The molecule has 2 aromatic carbocycles. The number of aryl methyl sites for hydroxylation is 1. The van der Waals surface area contributed by atoms with Gasteiger partial charge in [0, 0.05) is 24.9 Å². The third-order valence-corrected chi connectivity index (χ3v) is 6.10. The molecule has 0 bridgehead atoms. The highest BCUT2D eigenvalue weighted by molar-refractivity contribution is 5.88. The first-order valence-corrected chi connectivity index (χ1v) is 11.8. The van der Waals surface area contributed by atoms with Crippen molar-refractivity contribution in [3.05, 3.63) is 77.6 Å². The average Bonchev–Trinajstić information content (AvgIpc) is 3.58. The fourth-order valence-corrected chi connectivity index (χ4v) is 4.23. The molecule has 35 heavy (non-hydrogen) atoms. The van der Waals surface area contributed by atoms with Gasteiger partial charge in [-0.25, -0.2) is 4.68 Å². The van der Waals surface area contributed by atoms with Crippen LogP contribution >= 0.6 is 0 Å². The van der Waals surface area contributed by atoms with Crippen molar-refractivity contribution in [2.45, 2.75) is 45.0 Å². The number of aromatic nitrogens is 3. The fourth-order valence-electron chi connectivity index (χ4n) is 4.23. The number of nitrogens with zero attached hydrogens (tertiary/aromatic N) is 4. The molecule has 184 valence electrons. The Labute approximate surface area is 205 Å². The second-order valence-electron chi connectivity index (χ2n) is 8.63. The van der Waals surface area contributed by atoms with E-state index < -0.39 is 6.04 Å². The molecule has 0 aliphatic carbocycles. The number of nitrogens with one attached hydrogen (secondary N) is 1. The number of hydrogen-bond acceptors (Lipinski definition) is 6. The van der Waals surface area contributed by atoms with Crippen molar-refractivity contribution in [2.24, 2.45) is 0 Å². The molecule has 0 saturated carbocycles. The molecule has 1 aromatic heterocycles. The van der Waals surface area contributed by atoms with Crippen LogP contribution in [0.25, 0.3) is 0 Å². The maximum atomic E-state index is 13.7. The maximum Gasteiger partial charge on any atom is 0.247 e. The summed E-state index contributed by atoms with van der Waals surface area (Å²) in [5, 5.41) is 10.8. The SMILES string of the molecule is COc1ccccc1CN(C(=O)Cn1ccnn1)C(C(=O)NCC1CCCO1)c1ccc(C)cc1. The van der Waals surface area contributed by atoms with Gasteiger partial charge >= 0.3 is 0 Å². The first-order chi connectivity index (χ1) is 17.0. The topological polar surface area (TPSA) is 98.6 Å². The highest BCUT2D eigenvalue weighted by Gasteiger charge is 2.33. The number of carbonyl (C=O) groups is 2. The molecule has 1 N–H and O–H groups in total. The summed E-state index contributed by atoms with van der Waals surface area (Å²) < 4.78 is 12.7. The number of ether oxygens (including phenoxy) is 2. The van der Waals surface area contributed by atoms with Crippen LogP contribution in [0, 0.1) is 6.92 Å². The molecule has 0 radical (unpaired) electrons. The summed E-state index contributed by atoms with van der Waals surface area (Å²) in [6, 6.07) is 14.3. The highest BCUT2D eigenvalue weighted by atomic mass is 16.5. The van der Waals surface area contributed by atoms with Gasteiger partial charge in [-0.15, -0.1) is 5.10 Å². The number of hydrogen-bond donors (Lipinski definition) is 1. The largest absolute Gasteiger partial charge is 0.496 e. The van der Waals surface area contributed by atoms with Crippen molar-refractivity contribution in [3.63, 3.8) is 0 Å². The lowest BCUT2D eigenvalue weighted by molar-refractivity contribution is -0.142. The minimum Gasteiger partial charge on any atom is -0.496 e. The van der Waals surface area contributed by atoms with Crippen LogP contribution in [0.4, 0.5) is 0 Å². The van der Waals surface area contributed by atoms with Crippen molar-refractivity contribution < 1.29 is 19.1 Å². The third kappa shape index (κ3) is 6.24. The number of carbonyl (C=O) groups excluding carboxylic acids is 2. The van der Waals surface area contributed by atoms with E-state index in [4.69, 9.17) is 9.47 Å². The molecule has 2 atom stereocenters. The number of amides is 2. The molecule has 9 nitrogen and oxygen atoms in total. The molecule has 1 saturated heterocycles. The zero-order valence-electron chi connectivity index (χ0n) is 20.1. The minimum absolute atomic E-state index is 0.00821. The Morgan fingerprint density at radius 2 is 2.03 bits per heavy atom. The van der Waals surface area contributed by atoms with Gasteiger partial charge in [0.15, 0.2) is 0 Å². The zero-order valence-corrected chi connectivity index (χ0v) is 20.1. The molecule has 1 aliphatic rings. The number of methoxy groups -OCH3 is 1. The molecule has 1 aliphatic heterocycles. The summed E-state index contributed by atoms with van der Waals surface area (Å²) in [7, 11) is 1.59. The molecule has 9 heteroatoms. The van der Waals surface area contributed by atoms with Gasteiger partial charge in [-0.2, -0.15) is 0 Å². The van der Waals surface area contributed by atoms with Gasteiger partial charge in [0.05, 0.1) is 26.0 Å². The van der Waals surface area contributed by atoms with E-state index >= 15 is 0 Å². The summed E-state index contributed by atoms with van der Waals surface area (Å²) >= 11 is 0. The number of para-hydroxylation sites is 1. The standard InChI is InChI=1S/C26H31N5O4/c1-19-9-11-20(12-10-19)25(26(33)27-16-22-7-5-15-35-22)31(24(32)18-30-14-13-28-29-30)17-21-6-3-4-8-23(21)34-2/h3-4,6,8-14,22,25H,5,7,15-18H2,1-2H3,(H,27,33). The van der Waals surface area contributed by atoms with E-state index in [1.54, 1.807) is 18.2 Å². The Bertz CT molecular complexity index is 1110. The Morgan fingerprint density at radius 1 is 1.23 bits per heavy atom. The van der Waals surface area contributed by atoms with Crippen LogP contribution in [-0.4, -0.2) is 58.1 Å². The number of benzene rings is 2. The van der Waals surface area contributed by atoms with E-state index in [2.05, 4.69) is 15.6 Å². The van der Waals surface area contributed by atoms with E-state index in [1.807, 2.05) is 55.5 Å². The average molecular weight is 478 g/mol. The Balaban J connectivity index is 1.68. The molecule has 4 rings (SSSR count). The molecular weight excluding hydrogens is 446 g/mol.